The van der Waals surface area contributed by atoms with Gasteiger partial charge >= 0.3 is 0 Å². The first kappa shape index (κ1) is 14.6. The molecule has 2 heterocycles. The van der Waals surface area contributed by atoms with Crippen LogP contribution in [0.3, 0.4) is 0 Å². The van der Waals surface area contributed by atoms with Crippen LogP contribution in [-0.2, 0) is 6.67 Å². The largest absolute Gasteiger partial charge is 0.393 e. The number of aliphatic hydroxyl groups excluding tert-OH is 1. The quantitative estimate of drug-likeness (QED) is 0.881. The third kappa shape index (κ3) is 3.12. The van der Waals surface area contributed by atoms with Gasteiger partial charge in [0.15, 0.2) is 0 Å². The average molecular weight is 304 g/mol. The molecule has 1 saturated heterocycles. The van der Waals surface area contributed by atoms with Crippen molar-refractivity contribution in [2.45, 2.75) is 32.5 Å². The summed E-state index contributed by atoms with van der Waals surface area (Å²) in [5.41, 5.74) is 0.839. The standard InChI is InChI=1S/C15H20N4OS/c1-11(20)12-6-8-18(9-7-12)10-19-15(21)13-4-2-3-5-14(13)16-17-19/h2-5,11-12,20H,6-10H2,1H3. The van der Waals surface area contributed by atoms with Crippen LogP contribution in [0.1, 0.15) is 19.8 Å². The number of benzene rings is 1. The molecule has 3 rings (SSSR count). The van der Waals surface area contributed by atoms with E-state index in [9.17, 15) is 5.11 Å². The second-order valence-corrected chi connectivity index (χ2v) is 6.14. The molecule has 6 heteroatoms. The lowest BCUT2D eigenvalue weighted by molar-refractivity contribution is 0.0586. The molecular weight excluding hydrogens is 284 g/mol. The van der Waals surface area contributed by atoms with Crippen molar-refractivity contribution < 1.29 is 5.11 Å². The van der Waals surface area contributed by atoms with Crippen molar-refractivity contribution in [3.63, 3.8) is 0 Å². The van der Waals surface area contributed by atoms with Crippen LogP contribution in [0.25, 0.3) is 10.9 Å². The highest BCUT2D eigenvalue weighted by Crippen LogP contribution is 2.21. The molecule has 0 radical (unpaired) electrons. The Bertz CT molecular complexity index is 677. The Kier molecular flexibility index (Phi) is 4.28. The van der Waals surface area contributed by atoms with Crippen molar-refractivity contribution in [1.29, 1.82) is 0 Å². The Morgan fingerprint density at radius 3 is 2.76 bits per heavy atom. The molecule has 0 bridgehead atoms. The van der Waals surface area contributed by atoms with Crippen LogP contribution in [0.4, 0.5) is 0 Å². The van der Waals surface area contributed by atoms with Crippen molar-refractivity contribution in [1.82, 2.24) is 19.9 Å². The summed E-state index contributed by atoms with van der Waals surface area (Å²) in [7, 11) is 0. The minimum absolute atomic E-state index is 0.213. The molecule has 1 atom stereocenters. The third-order valence-corrected chi connectivity index (χ3v) is 4.71. The molecule has 5 nitrogen and oxygen atoms in total. The van der Waals surface area contributed by atoms with E-state index in [1.807, 2.05) is 31.2 Å². The fraction of sp³-hybridized carbons (Fsp3) is 0.533. The van der Waals surface area contributed by atoms with Crippen LogP contribution in [0, 0.1) is 10.6 Å². The van der Waals surface area contributed by atoms with Crippen LogP contribution in [-0.4, -0.2) is 44.2 Å². The van der Waals surface area contributed by atoms with Crippen LogP contribution in [0.2, 0.25) is 0 Å². The summed E-state index contributed by atoms with van der Waals surface area (Å²) < 4.78 is 2.53. The summed E-state index contributed by atoms with van der Waals surface area (Å²) in [6.07, 6.45) is 1.83. The normalized spacial score (nSPS) is 19.0. The van der Waals surface area contributed by atoms with Crippen LogP contribution >= 0.6 is 12.2 Å². The molecule has 0 amide bonds. The summed E-state index contributed by atoms with van der Waals surface area (Å²) in [4.78, 5) is 2.32. The number of hydrogen-bond acceptors (Lipinski definition) is 5. The number of piperidine rings is 1. The Morgan fingerprint density at radius 1 is 1.33 bits per heavy atom. The lowest BCUT2D eigenvalue weighted by Gasteiger charge is -2.33. The first-order chi connectivity index (χ1) is 10.1. The number of nitrogens with zero attached hydrogens (tertiary/aromatic N) is 4. The molecular formula is C15H20N4OS. The highest BCUT2D eigenvalue weighted by Gasteiger charge is 2.22. The van der Waals surface area contributed by atoms with Gasteiger partial charge in [0.25, 0.3) is 0 Å². The number of aliphatic hydroxyl groups is 1. The molecule has 1 aliphatic heterocycles. The first-order valence-corrected chi connectivity index (χ1v) is 7.79. The summed E-state index contributed by atoms with van der Waals surface area (Å²) in [5, 5.41) is 19.1. The molecule has 21 heavy (non-hydrogen) atoms. The fourth-order valence-electron chi connectivity index (χ4n) is 2.88. The van der Waals surface area contributed by atoms with Gasteiger partial charge in [-0.1, -0.05) is 29.6 Å². The van der Waals surface area contributed by atoms with Crippen molar-refractivity contribution in [3.8, 4) is 0 Å². The van der Waals surface area contributed by atoms with Crippen molar-refractivity contribution in [3.05, 3.63) is 28.9 Å². The number of likely N-dealkylation sites (tertiary alicyclic amines) is 1. The monoisotopic (exact) mass is 304 g/mol. The second-order valence-electron chi connectivity index (χ2n) is 5.75. The Hall–Kier alpha value is -1.37. The maximum Gasteiger partial charge on any atom is 0.135 e. The van der Waals surface area contributed by atoms with Gasteiger partial charge in [-0.2, -0.15) is 0 Å². The minimum Gasteiger partial charge on any atom is -0.393 e. The summed E-state index contributed by atoms with van der Waals surface area (Å²) in [5.74, 6) is 0.414. The van der Waals surface area contributed by atoms with E-state index in [4.69, 9.17) is 12.2 Å². The third-order valence-electron chi connectivity index (χ3n) is 4.28. The molecule has 112 valence electrons. The Balaban J connectivity index is 1.74. The van der Waals surface area contributed by atoms with Gasteiger partial charge in [-0.05, 0) is 37.8 Å². The van der Waals surface area contributed by atoms with Gasteiger partial charge in [0.05, 0.1) is 18.3 Å². The van der Waals surface area contributed by atoms with Crippen LogP contribution in [0.15, 0.2) is 24.3 Å². The molecule has 1 aliphatic rings. The van der Waals surface area contributed by atoms with Crippen molar-refractivity contribution in [2.75, 3.05) is 13.1 Å². The fourth-order valence-corrected chi connectivity index (χ4v) is 3.15. The van der Waals surface area contributed by atoms with E-state index in [0.717, 1.165) is 41.5 Å². The topological polar surface area (TPSA) is 54.2 Å². The SMILES string of the molecule is CC(O)C1CCN(Cn2nnc3ccccc3c2=S)CC1. The maximum atomic E-state index is 9.65. The average Bonchev–Trinajstić information content (AvgIpc) is 2.51. The lowest BCUT2D eigenvalue weighted by Crippen LogP contribution is -2.38. The van der Waals surface area contributed by atoms with Gasteiger partial charge in [-0.3, -0.25) is 4.90 Å². The van der Waals surface area contributed by atoms with Gasteiger partial charge < -0.3 is 5.11 Å². The first-order valence-electron chi connectivity index (χ1n) is 7.38. The van der Waals surface area contributed by atoms with Gasteiger partial charge in [0, 0.05) is 18.5 Å². The van der Waals surface area contributed by atoms with E-state index in [0.29, 0.717) is 12.6 Å². The zero-order valence-corrected chi connectivity index (χ0v) is 13.0. The number of aromatic nitrogens is 3. The van der Waals surface area contributed by atoms with Crippen molar-refractivity contribution in [2.24, 2.45) is 5.92 Å². The Morgan fingerprint density at radius 2 is 2.05 bits per heavy atom. The summed E-state index contributed by atoms with van der Waals surface area (Å²) in [6, 6.07) is 7.83. The molecule has 0 spiro atoms. The van der Waals surface area contributed by atoms with Crippen molar-refractivity contribution >= 4 is 23.1 Å². The maximum absolute atomic E-state index is 9.65. The second kappa shape index (κ2) is 6.17. The predicted molar refractivity (Wildman–Crippen MR) is 84.3 cm³/mol. The number of rotatable bonds is 3. The van der Waals surface area contributed by atoms with Gasteiger partial charge in [0.1, 0.15) is 4.64 Å². The smallest absolute Gasteiger partial charge is 0.135 e. The molecule has 0 aliphatic carbocycles. The van der Waals surface area contributed by atoms with Gasteiger partial charge in [-0.15, -0.1) is 5.10 Å². The van der Waals surface area contributed by atoms with E-state index in [-0.39, 0.29) is 6.10 Å². The lowest BCUT2D eigenvalue weighted by atomic mass is 9.92. The van der Waals surface area contributed by atoms with Gasteiger partial charge in [0.2, 0.25) is 0 Å². The van der Waals surface area contributed by atoms with E-state index in [2.05, 4.69) is 15.2 Å². The molecule has 1 unspecified atom stereocenters. The van der Waals surface area contributed by atoms with Crippen LogP contribution in [0.5, 0.6) is 0 Å². The molecule has 1 N–H and O–H groups in total. The molecule has 2 aromatic rings. The molecule has 1 aromatic carbocycles. The minimum atomic E-state index is -0.213. The zero-order valence-electron chi connectivity index (χ0n) is 12.1. The van der Waals surface area contributed by atoms with E-state index in [1.165, 1.54) is 0 Å². The highest BCUT2D eigenvalue weighted by molar-refractivity contribution is 7.71. The number of hydrogen-bond donors (Lipinski definition) is 1. The predicted octanol–water partition coefficient (Wildman–Crippen LogP) is 2.21. The van der Waals surface area contributed by atoms with E-state index < -0.39 is 0 Å². The summed E-state index contributed by atoms with van der Waals surface area (Å²) in [6.45, 7) is 4.48. The van der Waals surface area contributed by atoms with E-state index >= 15 is 0 Å². The van der Waals surface area contributed by atoms with Crippen LogP contribution < -0.4 is 0 Å². The van der Waals surface area contributed by atoms with E-state index in [1.54, 1.807) is 4.68 Å². The molecule has 1 aromatic heterocycles. The van der Waals surface area contributed by atoms with Gasteiger partial charge in [-0.25, -0.2) is 4.68 Å². The number of fused-ring (bicyclic) bond motifs is 1. The molecule has 1 fully saturated rings. The Labute approximate surface area is 129 Å². The zero-order chi connectivity index (χ0) is 14.8. The summed E-state index contributed by atoms with van der Waals surface area (Å²) >= 11 is 5.52. The highest BCUT2D eigenvalue weighted by atomic mass is 32.1. The molecule has 0 saturated carbocycles.